The third-order valence-electron chi connectivity index (χ3n) is 2.13. The summed E-state index contributed by atoms with van der Waals surface area (Å²) in [4.78, 5) is 0. The number of methoxy groups -OCH3 is 2. The minimum atomic E-state index is -0.0469. The zero-order valence-electron chi connectivity index (χ0n) is 8.44. The highest BCUT2D eigenvalue weighted by Crippen LogP contribution is 2.18. The maximum Gasteiger partial charge on any atom is 0.0905 e. The molecule has 0 aliphatic rings. The average Bonchev–Trinajstić information content (AvgIpc) is 2.01. The molecule has 0 aromatic rings. The van der Waals surface area contributed by atoms with Crippen molar-refractivity contribution >= 4 is 0 Å². The Kier molecular flexibility index (Phi) is 21.0. The van der Waals surface area contributed by atoms with Gasteiger partial charge in [-0.1, -0.05) is 21.3 Å². The molecule has 4 heteroatoms. The summed E-state index contributed by atoms with van der Waals surface area (Å²) in [5, 5.41) is 0. The average molecular weight is 198 g/mol. The molecule has 0 unspecified atom stereocenters. The molecule has 0 radical (unpaired) electrons. The number of ether oxygens (including phenoxy) is 2. The van der Waals surface area contributed by atoms with Gasteiger partial charge in [-0.05, 0) is 12.8 Å². The zero-order chi connectivity index (χ0) is 8.04. The molecule has 0 saturated carbocycles. The molecule has 0 rings (SSSR count). The van der Waals surface area contributed by atoms with Gasteiger partial charge in [-0.2, -0.15) is 0 Å². The van der Waals surface area contributed by atoms with Crippen molar-refractivity contribution in [3.8, 4) is 0 Å². The highest BCUT2D eigenvalue weighted by atomic mass is 16.5. The Morgan fingerprint density at radius 2 is 1.38 bits per heavy atom. The topological polar surface area (TPSA) is 81.5 Å². The van der Waals surface area contributed by atoms with Crippen LogP contribution in [0.3, 0.4) is 0 Å². The van der Waals surface area contributed by atoms with E-state index < -0.39 is 0 Å². The Bertz CT molecular complexity index is 73.4. The lowest BCUT2D eigenvalue weighted by Crippen LogP contribution is -2.34. The van der Waals surface area contributed by atoms with Crippen LogP contribution in [0.4, 0.5) is 0 Å². The van der Waals surface area contributed by atoms with E-state index in [1.54, 1.807) is 14.2 Å². The van der Waals surface area contributed by atoms with Gasteiger partial charge in [0.1, 0.15) is 0 Å². The molecule has 0 atom stereocenters. The first kappa shape index (κ1) is 23.0. The van der Waals surface area contributed by atoms with Gasteiger partial charge in [-0.25, -0.2) is 0 Å². The van der Waals surface area contributed by atoms with Crippen LogP contribution in [0, 0.1) is 0 Å². The van der Waals surface area contributed by atoms with Gasteiger partial charge < -0.3 is 20.4 Å². The summed E-state index contributed by atoms with van der Waals surface area (Å²) in [5.74, 6) is 0. The lowest BCUT2D eigenvalue weighted by Gasteiger charge is -2.28. The van der Waals surface area contributed by atoms with Gasteiger partial charge in [-0.15, -0.1) is 0 Å². The summed E-state index contributed by atoms with van der Waals surface area (Å²) < 4.78 is 10.4. The molecule has 0 aliphatic carbocycles. The summed E-state index contributed by atoms with van der Waals surface area (Å²) in [6.07, 6.45) is 2.02. The Morgan fingerprint density at radius 1 is 1.00 bits per heavy atom. The normalized spacial score (nSPS) is 9.23. The molecule has 4 N–H and O–H groups in total. The van der Waals surface area contributed by atoms with Crippen molar-refractivity contribution < 1.29 is 20.4 Å². The minimum absolute atomic E-state index is 0. The summed E-state index contributed by atoms with van der Waals surface area (Å²) in [6, 6.07) is 0. The van der Waals surface area contributed by atoms with Gasteiger partial charge in [0.25, 0.3) is 0 Å². The van der Waals surface area contributed by atoms with Gasteiger partial charge >= 0.3 is 0 Å². The van der Waals surface area contributed by atoms with Crippen LogP contribution in [0.5, 0.6) is 0 Å². The van der Waals surface area contributed by atoms with Crippen molar-refractivity contribution in [1.82, 2.24) is 0 Å². The van der Waals surface area contributed by atoms with Crippen molar-refractivity contribution in [2.45, 2.75) is 39.7 Å². The largest absolute Gasteiger partial charge is 0.412 e. The van der Waals surface area contributed by atoms with Crippen LogP contribution in [0.25, 0.3) is 0 Å². The first-order valence-corrected chi connectivity index (χ1v) is 3.78. The number of hydrogen-bond acceptors (Lipinski definition) is 2. The van der Waals surface area contributed by atoms with Crippen LogP contribution in [0.1, 0.15) is 34.1 Å². The monoisotopic (exact) mass is 198 g/mol. The maximum absolute atomic E-state index is 5.35. The Labute approximate surface area is 81.9 Å². The van der Waals surface area contributed by atoms with Crippen molar-refractivity contribution in [3.05, 3.63) is 0 Å². The number of rotatable bonds is 5. The van der Waals surface area contributed by atoms with E-state index >= 15 is 0 Å². The SMILES string of the molecule is C.CCC(CC)(COC)OC.O.O. The van der Waals surface area contributed by atoms with E-state index in [1.165, 1.54) is 0 Å². The molecule has 0 aromatic heterocycles. The van der Waals surface area contributed by atoms with Crippen LogP contribution >= 0.6 is 0 Å². The summed E-state index contributed by atoms with van der Waals surface area (Å²) >= 11 is 0. The zero-order valence-corrected chi connectivity index (χ0v) is 8.44. The Balaban J connectivity index is -0.000000135. The third kappa shape index (κ3) is 6.95. The van der Waals surface area contributed by atoms with E-state index in [1.807, 2.05) is 0 Å². The van der Waals surface area contributed by atoms with Crippen LogP contribution in [-0.2, 0) is 9.47 Å². The van der Waals surface area contributed by atoms with Gasteiger partial charge in [-0.3, -0.25) is 0 Å². The van der Waals surface area contributed by atoms with Gasteiger partial charge in [0, 0.05) is 14.2 Å². The molecule has 86 valence electrons. The highest BCUT2D eigenvalue weighted by Gasteiger charge is 2.24. The molecule has 0 fully saturated rings. The molecule has 0 aromatic carbocycles. The molecule has 0 saturated heterocycles. The predicted octanol–water partition coefficient (Wildman–Crippen LogP) is 0.825. The quantitative estimate of drug-likeness (QED) is 0.655. The van der Waals surface area contributed by atoms with Crippen molar-refractivity contribution in [2.75, 3.05) is 20.8 Å². The standard InChI is InChI=1S/C8H18O2.CH4.2H2O/c1-5-8(6-2,10-4)7-9-3;;;/h5-7H2,1-4H3;1H4;2*1H2. The maximum atomic E-state index is 5.35. The van der Waals surface area contributed by atoms with E-state index in [2.05, 4.69) is 13.8 Å². The van der Waals surface area contributed by atoms with Gasteiger partial charge in [0.15, 0.2) is 0 Å². The summed E-state index contributed by atoms with van der Waals surface area (Å²) in [7, 11) is 3.45. The van der Waals surface area contributed by atoms with E-state index in [-0.39, 0.29) is 24.0 Å². The molecule has 0 amide bonds. The summed E-state index contributed by atoms with van der Waals surface area (Å²) in [5.41, 5.74) is -0.0469. The minimum Gasteiger partial charge on any atom is -0.412 e. The fraction of sp³-hybridized carbons (Fsp3) is 1.00. The second kappa shape index (κ2) is 11.8. The second-order valence-electron chi connectivity index (χ2n) is 2.53. The Hall–Kier alpha value is -0.160. The van der Waals surface area contributed by atoms with Crippen LogP contribution in [0.15, 0.2) is 0 Å². The predicted molar refractivity (Wildman–Crippen MR) is 56.2 cm³/mol. The van der Waals surface area contributed by atoms with Crippen molar-refractivity contribution in [2.24, 2.45) is 0 Å². The third-order valence-corrected chi connectivity index (χ3v) is 2.13. The van der Waals surface area contributed by atoms with E-state index in [4.69, 9.17) is 9.47 Å². The Morgan fingerprint density at radius 3 is 1.46 bits per heavy atom. The smallest absolute Gasteiger partial charge is 0.0905 e. The molecular formula is C9H26O4. The fourth-order valence-corrected chi connectivity index (χ4v) is 1.06. The molecule has 0 heterocycles. The van der Waals surface area contributed by atoms with Crippen LogP contribution in [-0.4, -0.2) is 37.4 Å². The molecule has 13 heavy (non-hydrogen) atoms. The molecule has 0 aliphatic heterocycles. The number of hydrogen-bond donors (Lipinski definition) is 0. The molecule has 4 nitrogen and oxygen atoms in total. The van der Waals surface area contributed by atoms with Crippen LogP contribution < -0.4 is 0 Å². The molecular weight excluding hydrogens is 172 g/mol. The van der Waals surface area contributed by atoms with E-state index in [0.29, 0.717) is 6.61 Å². The van der Waals surface area contributed by atoms with E-state index in [9.17, 15) is 0 Å². The summed E-state index contributed by atoms with van der Waals surface area (Å²) in [6.45, 7) is 4.93. The fourth-order valence-electron chi connectivity index (χ4n) is 1.06. The lowest BCUT2D eigenvalue weighted by molar-refractivity contribution is -0.0687. The molecule has 0 spiro atoms. The van der Waals surface area contributed by atoms with Crippen molar-refractivity contribution in [3.63, 3.8) is 0 Å². The van der Waals surface area contributed by atoms with E-state index in [0.717, 1.165) is 12.8 Å². The molecule has 0 bridgehead atoms. The first-order valence-electron chi connectivity index (χ1n) is 3.78. The second-order valence-corrected chi connectivity index (χ2v) is 2.53. The van der Waals surface area contributed by atoms with Crippen LogP contribution in [0.2, 0.25) is 0 Å². The first-order chi connectivity index (χ1) is 4.74. The van der Waals surface area contributed by atoms with Crippen molar-refractivity contribution in [1.29, 1.82) is 0 Å². The highest BCUT2D eigenvalue weighted by molar-refractivity contribution is 4.75. The lowest BCUT2D eigenvalue weighted by atomic mass is 9.99. The van der Waals surface area contributed by atoms with Gasteiger partial charge in [0.2, 0.25) is 0 Å². The van der Waals surface area contributed by atoms with Gasteiger partial charge in [0.05, 0.1) is 12.2 Å².